The summed E-state index contributed by atoms with van der Waals surface area (Å²) in [5, 5.41) is 11.3. The lowest BCUT2D eigenvalue weighted by Crippen LogP contribution is -2.34. The Morgan fingerprint density at radius 3 is 3.08 bits per heavy atom. The number of aromatic nitrogens is 1. The number of carbonyl (C=O) groups excluding carboxylic acids is 1. The standard InChI is InChI=1S/C8H12N2O2/c1-6(5-11)10-8(12)7-2-3-9-4-7/h2-4,6,9,11H,5H2,1H3,(H,10,12)/t6-/m1/s1. The molecule has 0 bridgehead atoms. The van der Waals surface area contributed by atoms with Crippen molar-refractivity contribution in [2.24, 2.45) is 0 Å². The number of carbonyl (C=O) groups is 1. The molecular weight excluding hydrogens is 156 g/mol. The molecule has 1 aromatic heterocycles. The average Bonchev–Trinajstić information content (AvgIpc) is 2.56. The predicted octanol–water partition coefficient (Wildman–Crippen LogP) is 0.125. The molecule has 4 heteroatoms. The summed E-state index contributed by atoms with van der Waals surface area (Å²) >= 11 is 0. The van der Waals surface area contributed by atoms with E-state index in [1.807, 2.05) is 0 Å². The van der Waals surface area contributed by atoms with Crippen molar-refractivity contribution in [3.8, 4) is 0 Å². The van der Waals surface area contributed by atoms with Gasteiger partial charge in [-0.15, -0.1) is 0 Å². The van der Waals surface area contributed by atoms with Gasteiger partial charge in [-0.1, -0.05) is 0 Å². The number of hydrogen-bond donors (Lipinski definition) is 3. The van der Waals surface area contributed by atoms with Crippen molar-refractivity contribution >= 4 is 5.91 Å². The first-order valence-corrected chi connectivity index (χ1v) is 3.78. The lowest BCUT2D eigenvalue weighted by atomic mass is 10.3. The Bertz CT molecular complexity index is 244. The first-order valence-electron chi connectivity index (χ1n) is 3.78. The molecule has 1 aromatic rings. The molecule has 0 spiro atoms. The molecule has 0 radical (unpaired) electrons. The number of hydrogen-bond acceptors (Lipinski definition) is 2. The van der Waals surface area contributed by atoms with Crippen molar-refractivity contribution in [1.82, 2.24) is 10.3 Å². The fourth-order valence-electron chi connectivity index (χ4n) is 0.818. The van der Waals surface area contributed by atoms with Crippen LogP contribution in [0.15, 0.2) is 18.5 Å². The summed E-state index contributed by atoms with van der Waals surface area (Å²) < 4.78 is 0. The van der Waals surface area contributed by atoms with E-state index in [1.165, 1.54) is 0 Å². The Labute approximate surface area is 70.6 Å². The second kappa shape index (κ2) is 3.92. The van der Waals surface area contributed by atoms with Crippen LogP contribution >= 0.6 is 0 Å². The van der Waals surface area contributed by atoms with Crippen molar-refractivity contribution in [2.75, 3.05) is 6.61 Å². The van der Waals surface area contributed by atoms with Crippen LogP contribution < -0.4 is 5.32 Å². The first-order chi connectivity index (χ1) is 5.74. The van der Waals surface area contributed by atoms with Crippen LogP contribution in [0.3, 0.4) is 0 Å². The molecular formula is C8H12N2O2. The third kappa shape index (κ3) is 2.10. The van der Waals surface area contributed by atoms with Crippen molar-refractivity contribution in [3.63, 3.8) is 0 Å². The lowest BCUT2D eigenvalue weighted by Gasteiger charge is -2.08. The molecule has 0 aromatic carbocycles. The van der Waals surface area contributed by atoms with Gasteiger partial charge in [0.15, 0.2) is 0 Å². The Morgan fingerprint density at radius 1 is 1.83 bits per heavy atom. The van der Waals surface area contributed by atoms with Gasteiger partial charge in [-0.2, -0.15) is 0 Å². The normalized spacial score (nSPS) is 12.5. The van der Waals surface area contributed by atoms with Crippen LogP contribution in [-0.4, -0.2) is 28.6 Å². The molecule has 1 rings (SSSR count). The predicted molar refractivity (Wildman–Crippen MR) is 44.8 cm³/mol. The van der Waals surface area contributed by atoms with E-state index < -0.39 is 0 Å². The Kier molecular flexibility index (Phi) is 2.88. The Hall–Kier alpha value is -1.29. The topological polar surface area (TPSA) is 65.1 Å². The van der Waals surface area contributed by atoms with Crippen LogP contribution in [-0.2, 0) is 0 Å². The molecule has 0 aliphatic carbocycles. The molecule has 12 heavy (non-hydrogen) atoms. The fraction of sp³-hybridized carbons (Fsp3) is 0.375. The molecule has 0 aliphatic heterocycles. The quantitative estimate of drug-likeness (QED) is 0.600. The van der Waals surface area contributed by atoms with Gasteiger partial charge in [0.25, 0.3) is 5.91 Å². The minimum atomic E-state index is -0.201. The van der Waals surface area contributed by atoms with Crippen LogP contribution in [0.4, 0.5) is 0 Å². The lowest BCUT2D eigenvalue weighted by molar-refractivity contribution is 0.0922. The molecule has 1 atom stereocenters. The summed E-state index contributed by atoms with van der Waals surface area (Å²) in [6.45, 7) is 1.70. The van der Waals surface area contributed by atoms with E-state index in [1.54, 1.807) is 25.4 Å². The van der Waals surface area contributed by atoms with Gasteiger partial charge < -0.3 is 15.4 Å². The van der Waals surface area contributed by atoms with Crippen molar-refractivity contribution in [2.45, 2.75) is 13.0 Å². The zero-order valence-corrected chi connectivity index (χ0v) is 6.87. The van der Waals surface area contributed by atoms with E-state index in [0.29, 0.717) is 5.56 Å². The van der Waals surface area contributed by atoms with E-state index >= 15 is 0 Å². The smallest absolute Gasteiger partial charge is 0.253 e. The maximum Gasteiger partial charge on any atom is 0.253 e. The summed E-state index contributed by atoms with van der Waals surface area (Å²) in [4.78, 5) is 14.0. The van der Waals surface area contributed by atoms with Gasteiger partial charge in [-0.05, 0) is 13.0 Å². The second-order valence-corrected chi connectivity index (χ2v) is 2.66. The number of aliphatic hydroxyl groups is 1. The molecule has 0 saturated carbocycles. The number of amides is 1. The van der Waals surface area contributed by atoms with Crippen LogP contribution in [0.5, 0.6) is 0 Å². The third-order valence-corrected chi connectivity index (χ3v) is 1.51. The third-order valence-electron chi connectivity index (χ3n) is 1.51. The largest absolute Gasteiger partial charge is 0.394 e. The average molecular weight is 168 g/mol. The van der Waals surface area contributed by atoms with E-state index in [2.05, 4.69) is 10.3 Å². The molecule has 0 unspecified atom stereocenters. The Balaban J connectivity index is 2.50. The summed E-state index contributed by atoms with van der Waals surface area (Å²) in [7, 11) is 0. The minimum absolute atomic E-state index is 0.0455. The van der Waals surface area contributed by atoms with Crippen LogP contribution in [0, 0.1) is 0 Å². The highest BCUT2D eigenvalue weighted by molar-refractivity contribution is 5.94. The summed E-state index contributed by atoms with van der Waals surface area (Å²) in [6, 6.07) is 1.48. The highest BCUT2D eigenvalue weighted by Gasteiger charge is 2.07. The molecule has 3 N–H and O–H groups in total. The number of aromatic amines is 1. The number of rotatable bonds is 3. The monoisotopic (exact) mass is 168 g/mol. The van der Waals surface area contributed by atoms with E-state index in [-0.39, 0.29) is 18.6 Å². The highest BCUT2D eigenvalue weighted by atomic mass is 16.3. The number of nitrogens with one attached hydrogen (secondary N) is 2. The number of H-pyrrole nitrogens is 1. The minimum Gasteiger partial charge on any atom is -0.394 e. The zero-order chi connectivity index (χ0) is 8.97. The van der Waals surface area contributed by atoms with Gasteiger partial charge in [-0.25, -0.2) is 0 Å². The molecule has 4 nitrogen and oxygen atoms in total. The van der Waals surface area contributed by atoms with E-state index in [9.17, 15) is 4.79 Å². The SMILES string of the molecule is C[C@H](CO)NC(=O)c1cc[nH]c1. The van der Waals surface area contributed by atoms with Crippen LogP contribution in [0.1, 0.15) is 17.3 Å². The van der Waals surface area contributed by atoms with Gasteiger partial charge in [0.2, 0.25) is 0 Å². The fourth-order valence-corrected chi connectivity index (χ4v) is 0.818. The second-order valence-electron chi connectivity index (χ2n) is 2.66. The number of aliphatic hydroxyl groups excluding tert-OH is 1. The zero-order valence-electron chi connectivity index (χ0n) is 6.87. The molecule has 1 heterocycles. The maximum atomic E-state index is 11.2. The summed E-state index contributed by atoms with van der Waals surface area (Å²) in [6.07, 6.45) is 3.29. The van der Waals surface area contributed by atoms with Gasteiger partial charge in [0.05, 0.1) is 12.2 Å². The molecule has 0 fully saturated rings. The van der Waals surface area contributed by atoms with E-state index in [4.69, 9.17) is 5.11 Å². The van der Waals surface area contributed by atoms with Gasteiger partial charge in [-0.3, -0.25) is 4.79 Å². The van der Waals surface area contributed by atoms with E-state index in [0.717, 1.165) is 0 Å². The molecule has 1 amide bonds. The summed E-state index contributed by atoms with van der Waals surface area (Å²) in [5.41, 5.74) is 0.579. The van der Waals surface area contributed by atoms with Crippen molar-refractivity contribution in [3.05, 3.63) is 24.0 Å². The van der Waals surface area contributed by atoms with Crippen LogP contribution in [0.2, 0.25) is 0 Å². The van der Waals surface area contributed by atoms with Crippen molar-refractivity contribution in [1.29, 1.82) is 0 Å². The first kappa shape index (κ1) is 8.80. The van der Waals surface area contributed by atoms with Crippen LogP contribution in [0.25, 0.3) is 0 Å². The highest BCUT2D eigenvalue weighted by Crippen LogP contribution is 1.96. The molecule has 66 valence electrons. The molecule has 0 saturated heterocycles. The maximum absolute atomic E-state index is 11.2. The van der Waals surface area contributed by atoms with Crippen molar-refractivity contribution < 1.29 is 9.90 Å². The molecule has 0 aliphatic rings. The Morgan fingerprint density at radius 2 is 2.58 bits per heavy atom. The van der Waals surface area contributed by atoms with Gasteiger partial charge >= 0.3 is 0 Å². The van der Waals surface area contributed by atoms with Gasteiger partial charge in [0.1, 0.15) is 0 Å². The van der Waals surface area contributed by atoms with Gasteiger partial charge in [0, 0.05) is 18.4 Å². The summed E-state index contributed by atoms with van der Waals surface area (Å²) in [5.74, 6) is -0.169.